The van der Waals surface area contributed by atoms with E-state index in [0.717, 1.165) is 99.5 Å². The normalized spacial score (nSPS) is 14.7. The average molecular weight is 668 g/mol. The number of hydrogen-bond donors (Lipinski definition) is 1. The molecule has 1 atom stereocenters. The average Bonchev–Trinajstić information content (AvgIpc) is 3.79. The number of benzene rings is 8. The lowest BCUT2D eigenvalue weighted by atomic mass is 9.94. The summed E-state index contributed by atoms with van der Waals surface area (Å²) in [5.74, 6) is 1.57. The van der Waals surface area contributed by atoms with E-state index in [1.807, 2.05) is 42.5 Å². The Morgan fingerprint density at radius 1 is 0.423 bits per heavy atom. The minimum absolute atomic E-state index is 0.483. The number of nitrogens with zero attached hydrogens (tertiary/aromatic N) is 2. The van der Waals surface area contributed by atoms with Crippen molar-refractivity contribution >= 4 is 77.1 Å². The molecule has 1 aliphatic heterocycles. The standard InChI is InChI=1S/C47H29N3O2/c1-2-12-29(13-3-1)45-48-46(32-22-21-28-11-4-5-14-30(28)25-32)50-47(49-45)37-18-10-20-41-43(37)36-24-23-31(26-42(36)51-41)38-27-39-34-16-8-9-19-40(34)52-44(39)35-17-7-6-15-33(35)38/h1-27,47H,(H,48,49,50). The van der Waals surface area contributed by atoms with Crippen LogP contribution in [0, 0.1) is 0 Å². The molecule has 244 valence electrons. The largest absolute Gasteiger partial charge is 0.456 e. The van der Waals surface area contributed by atoms with Crippen LogP contribution in [0.5, 0.6) is 0 Å². The first-order valence-electron chi connectivity index (χ1n) is 17.5. The van der Waals surface area contributed by atoms with Gasteiger partial charge in [-0.3, -0.25) is 0 Å². The quantitative estimate of drug-likeness (QED) is 0.203. The Hall–Kier alpha value is -6.98. The third-order valence-corrected chi connectivity index (χ3v) is 10.3. The second-order valence-electron chi connectivity index (χ2n) is 13.4. The van der Waals surface area contributed by atoms with Crippen LogP contribution in [0.1, 0.15) is 22.9 Å². The Morgan fingerprint density at radius 2 is 1.13 bits per heavy atom. The predicted octanol–water partition coefficient (Wildman–Crippen LogP) is 12.0. The summed E-state index contributed by atoms with van der Waals surface area (Å²) in [6.07, 6.45) is -0.483. The minimum Gasteiger partial charge on any atom is -0.456 e. The summed E-state index contributed by atoms with van der Waals surface area (Å²) in [5, 5.41) is 12.4. The van der Waals surface area contributed by atoms with E-state index in [4.69, 9.17) is 18.8 Å². The van der Waals surface area contributed by atoms with Gasteiger partial charge in [-0.05, 0) is 63.7 Å². The SMILES string of the molecule is c1ccc(C2=NC(c3cccc4oc5cc(-c6cc7c8ccccc8oc7c7ccccc67)ccc5c34)N=C(c3ccc4ccccc4c3)N2)cc1. The molecule has 3 heterocycles. The molecular formula is C47H29N3O2. The van der Waals surface area contributed by atoms with Crippen molar-refractivity contribution in [3.63, 3.8) is 0 Å². The van der Waals surface area contributed by atoms with Crippen LogP contribution in [0.4, 0.5) is 0 Å². The molecule has 0 radical (unpaired) electrons. The molecule has 0 saturated carbocycles. The van der Waals surface area contributed by atoms with Crippen LogP contribution in [0.15, 0.2) is 183 Å². The fraction of sp³-hybridized carbons (Fsp3) is 0.0213. The molecule has 5 heteroatoms. The van der Waals surface area contributed by atoms with E-state index >= 15 is 0 Å². The van der Waals surface area contributed by atoms with Crippen molar-refractivity contribution in [1.29, 1.82) is 0 Å². The van der Waals surface area contributed by atoms with E-state index in [1.54, 1.807) is 0 Å². The Bertz CT molecular complexity index is 3110. The lowest BCUT2D eigenvalue weighted by Gasteiger charge is -2.23. The van der Waals surface area contributed by atoms with Gasteiger partial charge in [0.25, 0.3) is 0 Å². The maximum atomic E-state index is 6.64. The van der Waals surface area contributed by atoms with Crippen LogP contribution in [0.2, 0.25) is 0 Å². The number of fused-ring (bicyclic) bond motifs is 9. The molecule has 0 fully saturated rings. The van der Waals surface area contributed by atoms with Crippen LogP contribution in [0.25, 0.3) is 76.5 Å². The summed E-state index contributed by atoms with van der Waals surface area (Å²) in [6.45, 7) is 0. The summed E-state index contributed by atoms with van der Waals surface area (Å²) in [7, 11) is 0. The van der Waals surface area contributed by atoms with E-state index in [0.29, 0.717) is 0 Å². The molecule has 0 aliphatic carbocycles. The van der Waals surface area contributed by atoms with Crippen LogP contribution in [-0.4, -0.2) is 11.7 Å². The van der Waals surface area contributed by atoms with Gasteiger partial charge >= 0.3 is 0 Å². The van der Waals surface area contributed by atoms with E-state index in [2.05, 4.69) is 127 Å². The van der Waals surface area contributed by atoms with Gasteiger partial charge in [0.1, 0.15) is 34.0 Å². The zero-order valence-corrected chi connectivity index (χ0v) is 27.9. The summed E-state index contributed by atoms with van der Waals surface area (Å²) in [5.41, 5.74) is 8.66. The molecule has 1 aliphatic rings. The molecule has 1 unspecified atom stereocenters. The summed E-state index contributed by atoms with van der Waals surface area (Å²) in [6, 6.07) is 56.8. The third-order valence-electron chi connectivity index (χ3n) is 10.3. The van der Waals surface area contributed by atoms with Gasteiger partial charge in [-0.1, -0.05) is 127 Å². The number of aliphatic imine (C=N–C) groups is 2. The predicted molar refractivity (Wildman–Crippen MR) is 213 cm³/mol. The second-order valence-corrected chi connectivity index (χ2v) is 13.4. The van der Waals surface area contributed by atoms with E-state index in [1.165, 1.54) is 5.39 Å². The van der Waals surface area contributed by atoms with Gasteiger partial charge < -0.3 is 14.2 Å². The van der Waals surface area contributed by atoms with Gasteiger partial charge in [0, 0.05) is 43.6 Å². The lowest BCUT2D eigenvalue weighted by Crippen LogP contribution is -2.36. The summed E-state index contributed by atoms with van der Waals surface area (Å²) in [4.78, 5) is 10.5. The smallest absolute Gasteiger partial charge is 0.170 e. The molecule has 5 nitrogen and oxygen atoms in total. The number of rotatable bonds is 4. The second kappa shape index (κ2) is 11.3. The third kappa shape index (κ3) is 4.49. The first kappa shape index (κ1) is 28.8. The van der Waals surface area contributed by atoms with Gasteiger partial charge in [0.05, 0.1) is 0 Å². The number of para-hydroxylation sites is 1. The topological polar surface area (TPSA) is 63.0 Å². The van der Waals surface area contributed by atoms with Crippen LogP contribution in [-0.2, 0) is 0 Å². The maximum Gasteiger partial charge on any atom is 0.170 e. The Morgan fingerprint density at radius 3 is 2.02 bits per heavy atom. The van der Waals surface area contributed by atoms with Crippen molar-refractivity contribution < 1.29 is 8.83 Å². The Kier molecular flexibility index (Phi) is 6.25. The van der Waals surface area contributed by atoms with Crippen LogP contribution in [0.3, 0.4) is 0 Å². The first-order chi connectivity index (χ1) is 25.7. The van der Waals surface area contributed by atoms with Crippen molar-refractivity contribution in [3.05, 3.63) is 180 Å². The van der Waals surface area contributed by atoms with Crippen LogP contribution < -0.4 is 5.32 Å². The zero-order valence-electron chi connectivity index (χ0n) is 27.9. The molecule has 8 aromatic carbocycles. The molecule has 0 amide bonds. The van der Waals surface area contributed by atoms with Crippen LogP contribution >= 0.6 is 0 Å². The lowest BCUT2D eigenvalue weighted by molar-refractivity contribution is 0.668. The monoisotopic (exact) mass is 667 g/mol. The Labute approximate surface area is 298 Å². The van der Waals surface area contributed by atoms with Crippen molar-refractivity contribution in [2.45, 2.75) is 6.17 Å². The molecule has 0 bridgehead atoms. The molecule has 10 aromatic rings. The molecule has 52 heavy (non-hydrogen) atoms. The van der Waals surface area contributed by atoms with Gasteiger partial charge in [-0.15, -0.1) is 0 Å². The minimum atomic E-state index is -0.483. The molecule has 0 spiro atoms. The highest BCUT2D eigenvalue weighted by molar-refractivity contribution is 6.20. The molecule has 0 saturated heterocycles. The number of nitrogens with one attached hydrogen (secondary N) is 1. The van der Waals surface area contributed by atoms with Crippen molar-refractivity contribution in [2.75, 3.05) is 0 Å². The highest BCUT2D eigenvalue weighted by atomic mass is 16.3. The van der Waals surface area contributed by atoms with Gasteiger partial charge in [0.2, 0.25) is 0 Å². The highest BCUT2D eigenvalue weighted by Gasteiger charge is 2.25. The van der Waals surface area contributed by atoms with E-state index in [9.17, 15) is 0 Å². The first-order valence-corrected chi connectivity index (χ1v) is 17.5. The van der Waals surface area contributed by atoms with E-state index < -0.39 is 6.17 Å². The van der Waals surface area contributed by atoms with Crippen molar-refractivity contribution in [2.24, 2.45) is 9.98 Å². The Balaban J connectivity index is 1.08. The fourth-order valence-electron chi connectivity index (χ4n) is 7.84. The molecule has 2 aromatic heterocycles. The number of amidine groups is 2. The molecular weight excluding hydrogens is 639 g/mol. The maximum absolute atomic E-state index is 6.64. The van der Waals surface area contributed by atoms with Gasteiger partial charge in [-0.25, -0.2) is 9.98 Å². The number of furan rings is 2. The highest BCUT2D eigenvalue weighted by Crippen LogP contribution is 2.42. The zero-order chi connectivity index (χ0) is 34.2. The summed E-state index contributed by atoms with van der Waals surface area (Å²) >= 11 is 0. The van der Waals surface area contributed by atoms with Gasteiger partial charge in [0.15, 0.2) is 6.17 Å². The fourth-order valence-corrected chi connectivity index (χ4v) is 7.84. The van der Waals surface area contributed by atoms with E-state index in [-0.39, 0.29) is 0 Å². The molecule has 11 rings (SSSR count). The summed E-state index contributed by atoms with van der Waals surface area (Å²) < 4.78 is 13.0. The molecule has 1 N–H and O–H groups in total. The number of hydrogen-bond acceptors (Lipinski definition) is 5. The van der Waals surface area contributed by atoms with Crippen molar-refractivity contribution in [1.82, 2.24) is 5.32 Å². The van der Waals surface area contributed by atoms with Crippen molar-refractivity contribution in [3.8, 4) is 11.1 Å². The van der Waals surface area contributed by atoms with Gasteiger partial charge in [-0.2, -0.15) is 0 Å².